The highest BCUT2D eigenvalue weighted by Crippen LogP contribution is 2.19. The number of halogens is 1. The van der Waals surface area contributed by atoms with E-state index in [9.17, 15) is 9.59 Å². The molecule has 0 radical (unpaired) electrons. The van der Waals surface area contributed by atoms with Crippen LogP contribution in [-0.2, 0) is 22.7 Å². The molecule has 1 heterocycles. The van der Waals surface area contributed by atoms with Crippen LogP contribution < -0.4 is 15.4 Å². The van der Waals surface area contributed by atoms with Crippen molar-refractivity contribution in [2.75, 3.05) is 11.9 Å². The molecule has 0 unspecified atom stereocenters. The molecule has 0 aliphatic rings. The van der Waals surface area contributed by atoms with E-state index in [0.717, 1.165) is 14.8 Å². The number of nitrogens with zero attached hydrogens (tertiary/aromatic N) is 4. The van der Waals surface area contributed by atoms with E-state index in [1.54, 1.807) is 6.07 Å². The lowest BCUT2D eigenvalue weighted by Crippen LogP contribution is -2.35. The molecule has 0 aliphatic heterocycles. The Morgan fingerprint density at radius 1 is 1.14 bits per heavy atom. The van der Waals surface area contributed by atoms with Crippen molar-refractivity contribution in [3.05, 3.63) is 64.4 Å². The van der Waals surface area contributed by atoms with Gasteiger partial charge in [-0.1, -0.05) is 34.1 Å². The van der Waals surface area contributed by atoms with E-state index in [-0.39, 0.29) is 25.6 Å². The maximum atomic E-state index is 12.0. The van der Waals surface area contributed by atoms with Crippen LogP contribution in [0, 0.1) is 6.92 Å². The fourth-order valence-electron chi connectivity index (χ4n) is 2.39. The quantitative estimate of drug-likeness (QED) is 0.534. The Morgan fingerprint density at radius 2 is 1.93 bits per heavy atom. The number of hydrogen-bond donors (Lipinski definition) is 2. The van der Waals surface area contributed by atoms with Gasteiger partial charge in [0.2, 0.25) is 17.6 Å². The van der Waals surface area contributed by atoms with Gasteiger partial charge in [0.1, 0.15) is 12.3 Å². The van der Waals surface area contributed by atoms with Crippen LogP contribution in [0.3, 0.4) is 0 Å². The highest BCUT2D eigenvalue weighted by molar-refractivity contribution is 9.10. The van der Waals surface area contributed by atoms with Crippen LogP contribution in [-0.4, -0.2) is 38.6 Å². The monoisotopic (exact) mass is 458 g/mol. The Labute approximate surface area is 175 Å². The Bertz CT molecular complexity index is 993. The number of aromatic nitrogens is 4. The van der Waals surface area contributed by atoms with Gasteiger partial charge in [0.15, 0.2) is 6.61 Å². The van der Waals surface area contributed by atoms with Gasteiger partial charge in [-0.2, -0.15) is 4.80 Å². The number of rotatable bonds is 8. The number of anilines is 1. The molecule has 0 saturated heterocycles. The number of para-hydroxylation sites is 1. The van der Waals surface area contributed by atoms with Gasteiger partial charge in [0, 0.05) is 10.2 Å². The van der Waals surface area contributed by atoms with E-state index >= 15 is 0 Å². The zero-order valence-corrected chi connectivity index (χ0v) is 17.2. The summed E-state index contributed by atoms with van der Waals surface area (Å²) in [6.07, 6.45) is 0. The predicted octanol–water partition coefficient (Wildman–Crippen LogP) is 2.08. The Hall–Kier alpha value is -3.27. The number of hydrogen-bond acceptors (Lipinski definition) is 6. The second-order valence-electron chi connectivity index (χ2n) is 6.12. The van der Waals surface area contributed by atoms with Gasteiger partial charge in [0.05, 0.1) is 6.54 Å². The average molecular weight is 459 g/mol. The minimum atomic E-state index is -0.402. The first-order valence-corrected chi connectivity index (χ1v) is 9.56. The number of carbonyl (C=O) groups excluding carboxylic acids is 2. The maximum Gasteiger partial charge on any atom is 0.244 e. The molecule has 0 bridgehead atoms. The highest BCUT2D eigenvalue weighted by Gasteiger charge is 2.11. The third-order valence-electron chi connectivity index (χ3n) is 3.80. The van der Waals surface area contributed by atoms with Gasteiger partial charge in [-0.05, 0) is 48.0 Å². The smallest absolute Gasteiger partial charge is 0.244 e. The van der Waals surface area contributed by atoms with Crippen LogP contribution in [0.25, 0.3) is 0 Å². The molecule has 2 N–H and O–H groups in total. The zero-order chi connectivity index (χ0) is 20.6. The number of ether oxygens (including phenoxy) is 1. The van der Waals surface area contributed by atoms with Crippen molar-refractivity contribution in [1.29, 1.82) is 0 Å². The maximum absolute atomic E-state index is 12.0. The Morgan fingerprint density at radius 3 is 2.69 bits per heavy atom. The molecule has 3 rings (SSSR count). The first-order valence-electron chi connectivity index (χ1n) is 8.77. The molecule has 0 aliphatic carbocycles. The number of amides is 2. The predicted molar refractivity (Wildman–Crippen MR) is 109 cm³/mol. The van der Waals surface area contributed by atoms with Crippen molar-refractivity contribution in [3.63, 3.8) is 0 Å². The minimum Gasteiger partial charge on any atom is -0.485 e. The topological polar surface area (TPSA) is 111 Å². The first kappa shape index (κ1) is 20.5. The van der Waals surface area contributed by atoms with Gasteiger partial charge in [-0.25, -0.2) is 0 Å². The molecule has 2 amide bonds. The third kappa shape index (κ3) is 6.39. The van der Waals surface area contributed by atoms with Gasteiger partial charge >= 0.3 is 0 Å². The van der Waals surface area contributed by atoms with Crippen molar-refractivity contribution >= 4 is 33.4 Å². The van der Waals surface area contributed by atoms with E-state index < -0.39 is 5.91 Å². The summed E-state index contributed by atoms with van der Waals surface area (Å²) in [6.45, 7) is 1.71. The molecule has 10 heteroatoms. The molecule has 150 valence electrons. The average Bonchev–Trinajstić information content (AvgIpc) is 3.15. The van der Waals surface area contributed by atoms with Crippen LogP contribution in [0.1, 0.15) is 11.4 Å². The number of carbonyl (C=O) groups is 2. The van der Waals surface area contributed by atoms with Gasteiger partial charge in [-0.3, -0.25) is 9.59 Å². The second kappa shape index (κ2) is 9.78. The lowest BCUT2D eigenvalue weighted by molar-refractivity contribution is -0.124. The van der Waals surface area contributed by atoms with E-state index in [1.807, 2.05) is 49.4 Å². The van der Waals surface area contributed by atoms with Crippen LogP contribution >= 0.6 is 15.9 Å². The van der Waals surface area contributed by atoms with Gasteiger partial charge in [-0.15, -0.1) is 10.2 Å². The van der Waals surface area contributed by atoms with E-state index in [0.29, 0.717) is 17.3 Å². The molecule has 0 saturated carbocycles. The van der Waals surface area contributed by atoms with Crippen molar-refractivity contribution in [3.8, 4) is 5.75 Å². The molecule has 0 spiro atoms. The molecule has 1 aromatic heterocycles. The summed E-state index contributed by atoms with van der Waals surface area (Å²) in [5.41, 5.74) is 1.60. The summed E-state index contributed by atoms with van der Waals surface area (Å²) in [7, 11) is 0. The standard InChI is InChI=1S/C19H19BrN6O3/c1-13-9-14(20)7-8-16(13)22-18(27)10-21-19(28)11-26-24-17(23-25-26)12-29-15-5-3-2-4-6-15/h2-9H,10-12H2,1H3,(H,21,28)(H,22,27). The summed E-state index contributed by atoms with van der Waals surface area (Å²) in [5.74, 6) is 0.312. The van der Waals surface area contributed by atoms with Crippen molar-refractivity contribution in [1.82, 2.24) is 25.5 Å². The molecule has 0 atom stereocenters. The zero-order valence-electron chi connectivity index (χ0n) is 15.6. The highest BCUT2D eigenvalue weighted by atomic mass is 79.9. The van der Waals surface area contributed by atoms with E-state index in [1.165, 1.54) is 0 Å². The second-order valence-corrected chi connectivity index (χ2v) is 7.04. The first-order chi connectivity index (χ1) is 14.0. The molecule has 3 aromatic rings. The van der Waals surface area contributed by atoms with Crippen LogP contribution in [0.15, 0.2) is 53.0 Å². The lowest BCUT2D eigenvalue weighted by Gasteiger charge is -2.09. The molecule has 9 nitrogen and oxygen atoms in total. The van der Waals surface area contributed by atoms with Gasteiger partial charge in [0.25, 0.3) is 0 Å². The van der Waals surface area contributed by atoms with Crippen molar-refractivity contribution in [2.45, 2.75) is 20.1 Å². The summed E-state index contributed by atoms with van der Waals surface area (Å²) in [4.78, 5) is 25.2. The Kier molecular flexibility index (Phi) is 6.90. The van der Waals surface area contributed by atoms with Crippen LogP contribution in [0.2, 0.25) is 0 Å². The largest absolute Gasteiger partial charge is 0.485 e. The van der Waals surface area contributed by atoms with Crippen molar-refractivity contribution < 1.29 is 14.3 Å². The SMILES string of the molecule is Cc1cc(Br)ccc1NC(=O)CNC(=O)Cn1nnc(COc2ccccc2)n1. The summed E-state index contributed by atoms with van der Waals surface area (Å²) < 4.78 is 6.45. The third-order valence-corrected chi connectivity index (χ3v) is 4.29. The molecule has 0 fully saturated rings. The molecular formula is C19H19BrN6O3. The molecule has 2 aromatic carbocycles. The summed E-state index contributed by atoms with van der Waals surface area (Å²) in [5, 5.41) is 17.0. The van der Waals surface area contributed by atoms with Gasteiger partial charge < -0.3 is 15.4 Å². The molecular weight excluding hydrogens is 440 g/mol. The normalized spacial score (nSPS) is 10.4. The van der Waals surface area contributed by atoms with Crippen LogP contribution in [0.5, 0.6) is 5.75 Å². The lowest BCUT2D eigenvalue weighted by atomic mass is 10.2. The minimum absolute atomic E-state index is 0.139. The van der Waals surface area contributed by atoms with Crippen LogP contribution in [0.4, 0.5) is 5.69 Å². The number of nitrogens with one attached hydrogen (secondary N) is 2. The summed E-state index contributed by atoms with van der Waals surface area (Å²) >= 11 is 3.37. The Balaban J connectivity index is 1.42. The number of benzene rings is 2. The number of tetrazole rings is 1. The van der Waals surface area contributed by atoms with Crippen molar-refractivity contribution in [2.24, 2.45) is 0 Å². The van der Waals surface area contributed by atoms with E-state index in [2.05, 4.69) is 42.0 Å². The number of aryl methyl sites for hydroxylation is 1. The fraction of sp³-hybridized carbons (Fsp3) is 0.211. The van der Waals surface area contributed by atoms with E-state index in [4.69, 9.17) is 4.74 Å². The molecule has 29 heavy (non-hydrogen) atoms. The fourth-order valence-corrected chi connectivity index (χ4v) is 2.87. The summed E-state index contributed by atoms with van der Waals surface area (Å²) in [6, 6.07) is 14.8.